The second kappa shape index (κ2) is 2.65. The van der Waals surface area contributed by atoms with Crippen molar-refractivity contribution < 1.29 is 0 Å². The average molecular weight is 122 g/mol. The van der Waals surface area contributed by atoms with Crippen molar-refractivity contribution in [1.82, 2.24) is 5.32 Å². The Morgan fingerprint density at radius 3 is 3.00 bits per heavy atom. The maximum Gasteiger partial charge on any atom is 0.0944 e. The van der Waals surface area contributed by atoms with Crippen LogP contribution in [0.15, 0.2) is 12.2 Å². The maximum absolute atomic E-state index is 8.42. The van der Waals surface area contributed by atoms with Gasteiger partial charge in [0.1, 0.15) is 0 Å². The van der Waals surface area contributed by atoms with Gasteiger partial charge in [-0.1, -0.05) is 6.58 Å². The van der Waals surface area contributed by atoms with Crippen LogP contribution in [0, 0.1) is 17.2 Å². The molecule has 0 spiro atoms. The smallest absolute Gasteiger partial charge is 0.0944 e. The number of nitriles is 1. The molecule has 0 aliphatic carbocycles. The van der Waals surface area contributed by atoms with Crippen LogP contribution in [0.3, 0.4) is 0 Å². The zero-order chi connectivity index (χ0) is 6.69. The molecular weight excluding hydrogens is 112 g/mol. The van der Waals surface area contributed by atoms with Gasteiger partial charge in [-0.05, 0) is 13.0 Å². The second-order valence-corrected chi connectivity index (χ2v) is 2.33. The Hall–Kier alpha value is -0.810. The van der Waals surface area contributed by atoms with E-state index in [-0.39, 0.29) is 0 Å². The molecule has 1 fully saturated rings. The quantitative estimate of drug-likeness (QED) is 0.519. The normalized spacial score (nSPS) is 25.4. The molecule has 1 atom stereocenters. The molecule has 0 aromatic carbocycles. The third-order valence-electron chi connectivity index (χ3n) is 1.70. The van der Waals surface area contributed by atoms with Gasteiger partial charge in [0.2, 0.25) is 0 Å². The molecule has 1 saturated heterocycles. The van der Waals surface area contributed by atoms with Gasteiger partial charge in [0.15, 0.2) is 0 Å². The van der Waals surface area contributed by atoms with Gasteiger partial charge < -0.3 is 5.32 Å². The van der Waals surface area contributed by atoms with Gasteiger partial charge in [0, 0.05) is 18.0 Å². The van der Waals surface area contributed by atoms with Crippen LogP contribution >= 0.6 is 0 Å². The standard InChI is InChI=1S/C7H10N2/c1-6(4-8)7-2-3-9-5-7/h7,9H,1-3,5H2. The van der Waals surface area contributed by atoms with Crippen molar-refractivity contribution in [2.24, 2.45) is 5.92 Å². The van der Waals surface area contributed by atoms with Crippen molar-refractivity contribution in [3.05, 3.63) is 12.2 Å². The van der Waals surface area contributed by atoms with Crippen LogP contribution in [0.2, 0.25) is 0 Å². The van der Waals surface area contributed by atoms with E-state index in [2.05, 4.69) is 18.0 Å². The van der Waals surface area contributed by atoms with Crippen molar-refractivity contribution in [1.29, 1.82) is 5.26 Å². The Kier molecular flexibility index (Phi) is 1.86. The lowest BCUT2D eigenvalue weighted by atomic mass is 10.0. The summed E-state index contributed by atoms with van der Waals surface area (Å²) < 4.78 is 0. The topological polar surface area (TPSA) is 35.8 Å². The molecule has 48 valence electrons. The zero-order valence-corrected chi connectivity index (χ0v) is 5.35. The van der Waals surface area contributed by atoms with E-state index < -0.39 is 0 Å². The molecular formula is C7H10N2. The minimum absolute atomic E-state index is 0.412. The lowest BCUT2D eigenvalue weighted by Gasteiger charge is -2.01. The first-order valence-electron chi connectivity index (χ1n) is 3.14. The van der Waals surface area contributed by atoms with E-state index in [4.69, 9.17) is 5.26 Å². The van der Waals surface area contributed by atoms with Crippen molar-refractivity contribution >= 4 is 0 Å². The molecule has 9 heavy (non-hydrogen) atoms. The lowest BCUT2D eigenvalue weighted by Crippen LogP contribution is -2.09. The lowest BCUT2D eigenvalue weighted by molar-refractivity contribution is 0.703. The SMILES string of the molecule is C=C(C#N)C1CCNC1. The van der Waals surface area contributed by atoms with Crippen LogP contribution in [-0.4, -0.2) is 13.1 Å². The Bertz CT molecular complexity index is 149. The van der Waals surface area contributed by atoms with E-state index in [0.29, 0.717) is 5.92 Å². The van der Waals surface area contributed by atoms with Gasteiger partial charge in [0.25, 0.3) is 0 Å². The van der Waals surface area contributed by atoms with Crippen LogP contribution < -0.4 is 5.32 Å². The number of hydrogen-bond donors (Lipinski definition) is 1. The summed E-state index contributed by atoms with van der Waals surface area (Å²) in [4.78, 5) is 0. The summed E-state index contributed by atoms with van der Waals surface area (Å²) in [6, 6.07) is 2.07. The molecule has 1 rings (SSSR count). The molecule has 0 amide bonds. The summed E-state index contributed by atoms with van der Waals surface area (Å²) in [5.74, 6) is 0.412. The van der Waals surface area contributed by atoms with Crippen molar-refractivity contribution in [2.75, 3.05) is 13.1 Å². The molecule has 1 aliphatic rings. The highest BCUT2D eigenvalue weighted by molar-refractivity contribution is 5.20. The Morgan fingerprint density at radius 2 is 2.56 bits per heavy atom. The summed E-state index contributed by atoms with van der Waals surface area (Å²) in [5, 5.41) is 11.6. The molecule has 0 aromatic rings. The van der Waals surface area contributed by atoms with Crippen LogP contribution in [0.1, 0.15) is 6.42 Å². The van der Waals surface area contributed by atoms with E-state index in [1.807, 2.05) is 0 Å². The summed E-state index contributed by atoms with van der Waals surface area (Å²) in [7, 11) is 0. The molecule has 1 N–H and O–H groups in total. The fraction of sp³-hybridized carbons (Fsp3) is 0.571. The minimum Gasteiger partial charge on any atom is -0.316 e. The second-order valence-electron chi connectivity index (χ2n) is 2.33. The highest BCUT2D eigenvalue weighted by Crippen LogP contribution is 2.14. The van der Waals surface area contributed by atoms with Gasteiger partial charge in [-0.15, -0.1) is 0 Å². The molecule has 0 aromatic heterocycles. The molecule has 1 heterocycles. The number of rotatable bonds is 1. The fourth-order valence-electron chi connectivity index (χ4n) is 1.04. The van der Waals surface area contributed by atoms with E-state index in [1.165, 1.54) is 0 Å². The van der Waals surface area contributed by atoms with Gasteiger partial charge in [0.05, 0.1) is 6.07 Å². The molecule has 2 heteroatoms. The highest BCUT2D eigenvalue weighted by Gasteiger charge is 2.16. The number of nitrogens with one attached hydrogen (secondary N) is 1. The van der Waals surface area contributed by atoms with Crippen LogP contribution in [-0.2, 0) is 0 Å². The zero-order valence-electron chi connectivity index (χ0n) is 5.35. The third-order valence-corrected chi connectivity index (χ3v) is 1.70. The predicted molar refractivity (Wildman–Crippen MR) is 35.7 cm³/mol. The van der Waals surface area contributed by atoms with Crippen LogP contribution in [0.4, 0.5) is 0 Å². The minimum atomic E-state index is 0.412. The van der Waals surface area contributed by atoms with E-state index in [9.17, 15) is 0 Å². The molecule has 0 radical (unpaired) electrons. The molecule has 2 nitrogen and oxygen atoms in total. The highest BCUT2D eigenvalue weighted by atomic mass is 14.9. The number of nitrogens with zero attached hydrogens (tertiary/aromatic N) is 1. The monoisotopic (exact) mass is 122 g/mol. The first-order valence-corrected chi connectivity index (χ1v) is 3.14. The van der Waals surface area contributed by atoms with Crippen molar-refractivity contribution in [2.45, 2.75) is 6.42 Å². The van der Waals surface area contributed by atoms with Gasteiger partial charge >= 0.3 is 0 Å². The number of hydrogen-bond acceptors (Lipinski definition) is 2. The largest absolute Gasteiger partial charge is 0.316 e. The fourth-order valence-corrected chi connectivity index (χ4v) is 1.04. The summed E-state index contributed by atoms with van der Waals surface area (Å²) >= 11 is 0. The van der Waals surface area contributed by atoms with E-state index in [1.54, 1.807) is 0 Å². The molecule has 0 bridgehead atoms. The average Bonchev–Trinajstić information content (AvgIpc) is 2.37. The Balaban J connectivity index is 2.44. The van der Waals surface area contributed by atoms with E-state index >= 15 is 0 Å². The van der Waals surface area contributed by atoms with E-state index in [0.717, 1.165) is 25.1 Å². The van der Waals surface area contributed by atoms with Gasteiger partial charge in [-0.2, -0.15) is 5.26 Å². The van der Waals surface area contributed by atoms with Gasteiger partial charge in [-0.3, -0.25) is 0 Å². The van der Waals surface area contributed by atoms with Gasteiger partial charge in [-0.25, -0.2) is 0 Å². The Labute approximate surface area is 55.2 Å². The summed E-state index contributed by atoms with van der Waals surface area (Å²) in [6.45, 7) is 5.62. The van der Waals surface area contributed by atoms with Crippen molar-refractivity contribution in [3.8, 4) is 6.07 Å². The predicted octanol–water partition coefficient (Wildman–Crippen LogP) is 0.676. The van der Waals surface area contributed by atoms with Crippen molar-refractivity contribution in [3.63, 3.8) is 0 Å². The molecule has 1 aliphatic heterocycles. The summed E-state index contributed by atoms with van der Waals surface area (Å²) in [6.07, 6.45) is 1.08. The summed E-state index contributed by atoms with van der Waals surface area (Å²) in [5.41, 5.74) is 0.722. The maximum atomic E-state index is 8.42. The molecule has 0 saturated carbocycles. The Morgan fingerprint density at radius 1 is 1.78 bits per heavy atom. The first kappa shape index (κ1) is 6.31. The molecule has 1 unspecified atom stereocenters. The first-order chi connectivity index (χ1) is 4.34. The van der Waals surface area contributed by atoms with Crippen LogP contribution in [0.25, 0.3) is 0 Å². The third kappa shape index (κ3) is 1.30. The van der Waals surface area contributed by atoms with Crippen LogP contribution in [0.5, 0.6) is 0 Å².